The molecule has 0 bridgehead atoms. The largest absolute Gasteiger partial charge is 0.478 e. The molecule has 0 radical (unpaired) electrons. The van der Waals surface area contributed by atoms with Gasteiger partial charge in [-0.15, -0.1) is 0 Å². The molecule has 1 atom stereocenters. The summed E-state index contributed by atoms with van der Waals surface area (Å²) in [7, 11) is 0. The van der Waals surface area contributed by atoms with Crippen LogP contribution in [0.2, 0.25) is 0 Å². The Bertz CT molecular complexity index is 981. The molecule has 0 aliphatic heterocycles. The predicted molar refractivity (Wildman–Crippen MR) is 108 cm³/mol. The van der Waals surface area contributed by atoms with Crippen molar-refractivity contribution in [3.8, 4) is 5.75 Å². The smallest absolute Gasteiger partial charge is 0.349 e. The van der Waals surface area contributed by atoms with Crippen molar-refractivity contribution in [2.75, 3.05) is 5.32 Å². The van der Waals surface area contributed by atoms with Gasteiger partial charge in [0.05, 0.1) is 0 Å². The molecule has 1 amide bonds. The zero-order valence-corrected chi connectivity index (χ0v) is 15.7. The third-order valence-corrected chi connectivity index (χ3v) is 4.33. The molecule has 0 fully saturated rings. The average molecular weight is 375 g/mol. The summed E-state index contributed by atoms with van der Waals surface area (Å²) in [5.41, 5.74) is 3.88. The predicted octanol–water partition coefficient (Wildman–Crippen LogP) is 4.76. The van der Waals surface area contributed by atoms with E-state index in [-0.39, 0.29) is 5.91 Å². The number of hydrogen-bond donors (Lipinski definition) is 2. The molecule has 2 N–H and O–H groups in total. The fraction of sp³-hybridized carbons (Fsp3) is 0.130. The number of amides is 1. The molecule has 1 unspecified atom stereocenters. The van der Waals surface area contributed by atoms with Gasteiger partial charge >= 0.3 is 5.97 Å². The maximum atomic E-state index is 12.5. The monoisotopic (exact) mass is 375 g/mol. The van der Waals surface area contributed by atoms with Gasteiger partial charge in [0.25, 0.3) is 5.91 Å². The number of anilines is 1. The van der Waals surface area contributed by atoms with E-state index in [1.165, 1.54) is 0 Å². The number of benzene rings is 3. The molecule has 0 spiro atoms. The fourth-order valence-corrected chi connectivity index (χ4v) is 2.86. The second-order valence-electron chi connectivity index (χ2n) is 6.54. The summed E-state index contributed by atoms with van der Waals surface area (Å²) in [6.45, 7) is 3.94. The highest BCUT2D eigenvalue weighted by atomic mass is 16.5. The number of aliphatic carboxylic acids is 1. The number of aryl methyl sites for hydroxylation is 2. The Morgan fingerprint density at radius 1 is 0.929 bits per heavy atom. The minimum Gasteiger partial charge on any atom is -0.478 e. The molecule has 5 nitrogen and oxygen atoms in total. The Morgan fingerprint density at radius 2 is 1.61 bits per heavy atom. The third-order valence-electron chi connectivity index (χ3n) is 4.33. The van der Waals surface area contributed by atoms with Gasteiger partial charge < -0.3 is 15.2 Å². The topological polar surface area (TPSA) is 75.6 Å². The van der Waals surface area contributed by atoms with Gasteiger partial charge in [0.15, 0.2) is 0 Å². The summed E-state index contributed by atoms with van der Waals surface area (Å²) < 4.78 is 5.62. The highest BCUT2D eigenvalue weighted by molar-refractivity contribution is 6.04. The molecule has 142 valence electrons. The SMILES string of the molecule is Cc1ccc(NC(=O)c2ccc(OC(C(=O)O)c3ccccc3)cc2)c(C)c1. The maximum absolute atomic E-state index is 12.5. The molecule has 3 rings (SSSR count). The molecule has 0 saturated carbocycles. The molecule has 28 heavy (non-hydrogen) atoms. The lowest BCUT2D eigenvalue weighted by molar-refractivity contribution is -0.145. The highest BCUT2D eigenvalue weighted by Crippen LogP contribution is 2.23. The van der Waals surface area contributed by atoms with Gasteiger partial charge in [-0.3, -0.25) is 4.79 Å². The zero-order chi connectivity index (χ0) is 20.1. The molecule has 0 aromatic heterocycles. The normalized spacial score (nSPS) is 11.5. The number of carboxylic acids is 1. The summed E-state index contributed by atoms with van der Waals surface area (Å²) in [5.74, 6) is -0.946. The van der Waals surface area contributed by atoms with Crippen LogP contribution in [-0.4, -0.2) is 17.0 Å². The lowest BCUT2D eigenvalue weighted by Gasteiger charge is -2.16. The molecule has 0 heterocycles. The Labute approximate surface area is 163 Å². The molecule has 0 aliphatic carbocycles. The van der Waals surface area contributed by atoms with Crippen molar-refractivity contribution in [2.24, 2.45) is 0 Å². The summed E-state index contributed by atoms with van der Waals surface area (Å²) in [5, 5.41) is 12.3. The number of rotatable bonds is 6. The van der Waals surface area contributed by atoms with Crippen LogP contribution in [0.4, 0.5) is 5.69 Å². The highest BCUT2D eigenvalue weighted by Gasteiger charge is 2.21. The van der Waals surface area contributed by atoms with Crippen LogP contribution in [0.15, 0.2) is 72.8 Å². The number of carbonyl (C=O) groups is 2. The fourth-order valence-electron chi connectivity index (χ4n) is 2.86. The van der Waals surface area contributed by atoms with Crippen LogP contribution in [0.5, 0.6) is 5.75 Å². The van der Waals surface area contributed by atoms with Gasteiger partial charge in [-0.1, -0.05) is 48.0 Å². The Hall–Kier alpha value is -3.60. The first-order valence-electron chi connectivity index (χ1n) is 8.87. The average Bonchev–Trinajstić information content (AvgIpc) is 2.69. The summed E-state index contributed by atoms with van der Waals surface area (Å²) in [6, 6.07) is 20.9. The zero-order valence-electron chi connectivity index (χ0n) is 15.7. The van der Waals surface area contributed by atoms with Crippen LogP contribution in [0.1, 0.15) is 33.2 Å². The van der Waals surface area contributed by atoms with Gasteiger partial charge in [0.2, 0.25) is 6.10 Å². The first-order valence-corrected chi connectivity index (χ1v) is 8.87. The summed E-state index contributed by atoms with van der Waals surface area (Å²) in [4.78, 5) is 24.0. The minimum absolute atomic E-state index is 0.239. The lowest BCUT2D eigenvalue weighted by Crippen LogP contribution is -2.18. The maximum Gasteiger partial charge on any atom is 0.349 e. The van der Waals surface area contributed by atoms with E-state index in [0.717, 1.165) is 16.8 Å². The van der Waals surface area contributed by atoms with Crippen LogP contribution in [0.25, 0.3) is 0 Å². The van der Waals surface area contributed by atoms with E-state index < -0.39 is 12.1 Å². The first kappa shape index (κ1) is 19.2. The van der Waals surface area contributed by atoms with Crippen LogP contribution in [0, 0.1) is 13.8 Å². The Morgan fingerprint density at radius 3 is 2.21 bits per heavy atom. The minimum atomic E-state index is -1.11. The van der Waals surface area contributed by atoms with Gasteiger partial charge in [-0.05, 0) is 49.7 Å². The van der Waals surface area contributed by atoms with Crippen molar-refractivity contribution in [3.63, 3.8) is 0 Å². The van der Waals surface area contributed by atoms with Crippen molar-refractivity contribution in [3.05, 3.63) is 95.1 Å². The van der Waals surface area contributed by atoms with Crippen LogP contribution < -0.4 is 10.1 Å². The van der Waals surface area contributed by atoms with E-state index >= 15 is 0 Å². The molecule has 0 saturated heterocycles. The van der Waals surface area contributed by atoms with E-state index in [9.17, 15) is 14.7 Å². The second-order valence-corrected chi connectivity index (χ2v) is 6.54. The van der Waals surface area contributed by atoms with Crippen LogP contribution in [-0.2, 0) is 4.79 Å². The molecule has 0 aliphatic rings. The molecule has 3 aromatic rings. The van der Waals surface area contributed by atoms with Crippen molar-refractivity contribution >= 4 is 17.6 Å². The number of carbonyl (C=O) groups excluding carboxylic acids is 1. The Kier molecular flexibility index (Phi) is 5.75. The number of carboxylic acid groups (broad SMARTS) is 1. The van der Waals surface area contributed by atoms with E-state index in [1.54, 1.807) is 48.5 Å². The summed E-state index contributed by atoms with van der Waals surface area (Å²) >= 11 is 0. The van der Waals surface area contributed by atoms with Crippen molar-refractivity contribution in [1.82, 2.24) is 0 Å². The molecular weight excluding hydrogens is 354 g/mol. The number of ether oxygens (including phenoxy) is 1. The lowest BCUT2D eigenvalue weighted by atomic mass is 10.1. The second kappa shape index (κ2) is 8.39. The van der Waals surface area contributed by atoms with Crippen LogP contribution >= 0.6 is 0 Å². The van der Waals surface area contributed by atoms with Crippen LogP contribution in [0.3, 0.4) is 0 Å². The molecular formula is C23H21NO4. The van der Waals surface area contributed by atoms with Gasteiger partial charge in [0, 0.05) is 16.8 Å². The van der Waals surface area contributed by atoms with Gasteiger partial charge in [0.1, 0.15) is 5.75 Å². The van der Waals surface area contributed by atoms with Crippen molar-refractivity contribution < 1.29 is 19.4 Å². The standard InChI is InChI=1S/C23H21NO4/c1-15-8-13-20(16(2)14-15)24-22(25)18-9-11-19(12-10-18)28-21(23(26)27)17-6-4-3-5-7-17/h3-14,21H,1-2H3,(H,24,25)(H,26,27). The van der Waals surface area contributed by atoms with Crippen molar-refractivity contribution in [1.29, 1.82) is 0 Å². The molecule has 5 heteroatoms. The van der Waals surface area contributed by atoms with E-state index in [1.807, 2.05) is 38.1 Å². The van der Waals surface area contributed by atoms with Crippen molar-refractivity contribution in [2.45, 2.75) is 20.0 Å². The van der Waals surface area contributed by atoms with E-state index in [2.05, 4.69) is 5.32 Å². The number of hydrogen-bond acceptors (Lipinski definition) is 3. The Balaban J connectivity index is 1.72. The van der Waals surface area contributed by atoms with Gasteiger partial charge in [-0.25, -0.2) is 4.79 Å². The third kappa shape index (κ3) is 4.57. The van der Waals surface area contributed by atoms with E-state index in [0.29, 0.717) is 16.9 Å². The van der Waals surface area contributed by atoms with E-state index in [4.69, 9.17) is 4.74 Å². The van der Waals surface area contributed by atoms with Gasteiger partial charge in [-0.2, -0.15) is 0 Å². The molecule has 3 aromatic carbocycles. The number of nitrogens with one attached hydrogen (secondary N) is 1. The summed E-state index contributed by atoms with van der Waals surface area (Å²) in [6.07, 6.45) is -1.11. The first-order chi connectivity index (χ1) is 13.4. The quantitative estimate of drug-likeness (QED) is 0.651.